The van der Waals surface area contributed by atoms with Gasteiger partial charge in [0, 0.05) is 17.8 Å². The second kappa shape index (κ2) is 8.73. The van der Waals surface area contributed by atoms with Gasteiger partial charge in [0.15, 0.2) is 5.82 Å². The minimum Gasteiger partial charge on any atom is -0.352 e. The van der Waals surface area contributed by atoms with Crippen molar-refractivity contribution in [1.82, 2.24) is 25.2 Å². The normalized spacial score (nSPS) is 10.9. The van der Waals surface area contributed by atoms with E-state index >= 15 is 0 Å². The Balaban J connectivity index is 1.40. The predicted octanol–water partition coefficient (Wildman–Crippen LogP) is 3.46. The highest BCUT2D eigenvalue weighted by molar-refractivity contribution is 5.77. The molecule has 0 atom stereocenters. The molecule has 0 spiro atoms. The third-order valence-corrected chi connectivity index (χ3v) is 4.73. The first-order chi connectivity index (χ1) is 14.6. The molecule has 0 aliphatic rings. The Bertz CT molecular complexity index is 1150. The highest BCUT2D eigenvalue weighted by atomic mass is 16.5. The fraction of sp³-hybridized carbons (Fsp3) is 0.217. The summed E-state index contributed by atoms with van der Waals surface area (Å²) in [7, 11) is 0. The van der Waals surface area contributed by atoms with Crippen molar-refractivity contribution in [2.45, 2.75) is 33.4 Å². The van der Waals surface area contributed by atoms with Crippen molar-refractivity contribution >= 4 is 5.91 Å². The number of aromatic nitrogens is 4. The van der Waals surface area contributed by atoms with Gasteiger partial charge in [0.2, 0.25) is 5.91 Å². The summed E-state index contributed by atoms with van der Waals surface area (Å²) in [6.07, 6.45) is 0.0712. The molecule has 1 amide bonds. The fourth-order valence-corrected chi connectivity index (χ4v) is 3.26. The summed E-state index contributed by atoms with van der Waals surface area (Å²) >= 11 is 0. The number of hydrogen-bond acceptors (Lipinski definition) is 5. The van der Waals surface area contributed by atoms with Crippen LogP contribution in [0.4, 0.5) is 0 Å². The molecule has 0 bridgehead atoms. The second-order valence-corrected chi connectivity index (χ2v) is 7.24. The molecule has 2 aromatic heterocycles. The monoisotopic (exact) mass is 401 g/mol. The first-order valence-electron chi connectivity index (χ1n) is 9.80. The van der Waals surface area contributed by atoms with Crippen LogP contribution in [-0.4, -0.2) is 25.8 Å². The van der Waals surface area contributed by atoms with Gasteiger partial charge < -0.3 is 9.84 Å². The zero-order chi connectivity index (χ0) is 20.9. The molecule has 4 aromatic rings. The Morgan fingerprint density at radius 1 is 1.03 bits per heavy atom. The third-order valence-electron chi connectivity index (χ3n) is 4.73. The zero-order valence-electron chi connectivity index (χ0n) is 17.0. The van der Waals surface area contributed by atoms with Gasteiger partial charge in [-0.1, -0.05) is 47.6 Å². The summed E-state index contributed by atoms with van der Waals surface area (Å²) in [5.41, 5.74) is 5.05. The van der Waals surface area contributed by atoms with Crippen LogP contribution in [0.3, 0.4) is 0 Å². The molecule has 0 aliphatic heterocycles. The average molecular weight is 401 g/mol. The van der Waals surface area contributed by atoms with Crippen molar-refractivity contribution in [2.24, 2.45) is 0 Å². The number of carbonyl (C=O) groups is 1. The maximum Gasteiger partial charge on any atom is 0.257 e. The Hall–Kier alpha value is -3.74. The largest absolute Gasteiger partial charge is 0.352 e. The van der Waals surface area contributed by atoms with Crippen LogP contribution < -0.4 is 5.32 Å². The van der Waals surface area contributed by atoms with E-state index in [1.165, 1.54) is 0 Å². The highest BCUT2D eigenvalue weighted by Crippen LogP contribution is 2.19. The zero-order valence-corrected chi connectivity index (χ0v) is 17.0. The quantitative estimate of drug-likeness (QED) is 0.513. The smallest absolute Gasteiger partial charge is 0.257 e. The molecule has 7 nitrogen and oxygen atoms in total. The van der Waals surface area contributed by atoms with E-state index in [0.717, 1.165) is 28.1 Å². The van der Waals surface area contributed by atoms with Gasteiger partial charge in [-0.2, -0.15) is 10.1 Å². The Labute approximate surface area is 174 Å². The van der Waals surface area contributed by atoms with E-state index in [4.69, 9.17) is 4.52 Å². The molecule has 0 saturated carbocycles. The first-order valence-corrected chi connectivity index (χ1v) is 9.80. The summed E-state index contributed by atoms with van der Waals surface area (Å²) in [5.74, 6) is 0.611. The molecule has 0 aliphatic carbocycles. The van der Waals surface area contributed by atoms with Crippen molar-refractivity contribution in [1.29, 1.82) is 0 Å². The minimum atomic E-state index is -0.149. The van der Waals surface area contributed by atoms with E-state index in [9.17, 15) is 4.79 Å². The van der Waals surface area contributed by atoms with E-state index in [-0.39, 0.29) is 12.3 Å². The molecule has 1 N–H and O–H groups in total. The van der Waals surface area contributed by atoms with Gasteiger partial charge in [0.05, 0.1) is 18.7 Å². The molecule has 152 valence electrons. The molecule has 7 heteroatoms. The summed E-state index contributed by atoms with van der Waals surface area (Å²) in [5, 5.41) is 11.3. The fourth-order valence-electron chi connectivity index (χ4n) is 3.26. The van der Waals surface area contributed by atoms with Crippen LogP contribution in [0.1, 0.15) is 28.3 Å². The van der Waals surface area contributed by atoms with Crippen LogP contribution in [0.5, 0.6) is 0 Å². The van der Waals surface area contributed by atoms with E-state index in [1.54, 1.807) is 0 Å². The maximum absolute atomic E-state index is 12.2. The first kappa shape index (κ1) is 19.6. The lowest BCUT2D eigenvalue weighted by Crippen LogP contribution is -2.24. The second-order valence-electron chi connectivity index (χ2n) is 7.24. The van der Waals surface area contributed by atoms with E-state index < -0.39 is 0 Å². The number of rotatable bonds is 7. The van der Waals surface area contributed by atoms with Crippen molar-refractivity contribution in [3.63, 3.8) is 0 Å². The molecule has 30 heavy (non-hydrogen) atoms. The number of hydrogen-bond donors (Lipinski definition) is 1. The van der Waals surface area contributed by atoms with Gasteiger partial charge in [-0.25, -0.2) is 0 Å². The lowest BCUT2D eigenvalue weighted by Gasteiger charge is -2.05. The molecule has 0 fully saturated rings. The van der Waals surface area contributed by atoms with Gasteiger partial charge in [0.25, 0.3) is 5.89 Å². The maximum atomic E-state index is 12.2. The van der Waals surface area contributed by atoms with E-state index in [1.807, 2.05) is 73.1 Å². The highest BCUT2D eigenvalue weighted by Gasteiger charge is 2.13. The van der Waals surface area contributed by atoms with Crippen LogP contribution in [0.15, 0.2) is 65.2 Å². The molecule has 0 radical (unpaired) electrons. The molecule has 0 unspecified atom stereocenters. The van der Waals surface area contributed by atoms with Crippen LogP contribution >= 0.6 is 0 Å². The lowest BCUT2D eigenvalue weighted by molar-refractivity contribution is -0.120. The molecular weight excluding hydrogens is 378 g/mol. The predicted molar refractivity (Wildman–Crippen MR) is 113 cm³/mol. The molecule has 0 saturated heterocycles. The summed E-state index contributed by atoms with van der Waals surface area (Å²) in [4.78, 5) is 16.6. The summed E-state index contributed by atoms with van der Waals surface area (Å²) in [6, 6.07) is 19.7. The van der Waals surface area contributed by atoms with Gasteiger partial charge in [-0.05, 0) is 43.2 Å². The van der Waals surface area contributed by atoms with Crippen LogP contribution in [0.25, 0.3) is 11.5 Å². The van der Waals surface area contributed by atoms with Gasteiger partial charge in [0.1, 0.15) is 0 Å². The van der Waals surface area contributed by atoms with Crippen molar-refractivity contribution < 1.29 is 9.32 Å². The summed E-state index contributed by atoms with van der Waals surface area (Å²) < 4.78 is 7.35. The standard InChI is InChI=1S/C23H23N5O2/c1-16-11-17(2)28(26-16)15-19-9-6-10-20(12-19)23-25-21(27-30-23)13-22(29)24-14-18-7-4-3-5-8-18/h3-12H,13-15H2,1-2H3,(H,24,29). The molecule has 2 heterocycles. The number of nitrogens with one attached hydrogen (secondary N) is 1. The van der Waals surface area contributed by atoms with Gasteiger partial charge >= 0.3 is 0 Å². The van der Waals surface area contributed by atoms with E-state index in [0.29, 0.717) is 24.8 Å². The number of aryl methyl sites for hydroxylation is 2. The van der Waals surface area contributed by atoms with Gasteiger partial charge in [-0.15, -0.1) is 0 Å². The minimum absolute atomic E-state index is 0.0712. The lowest BCUT2D eigenvalue weighted by atomic mass is 10.1. The number of amides is 1. The molecular formula is C23H23N5O2. The van der Waals surface area contributed by atoms with Crippen LogP contribution in [0, 0.1) is 13.8 Å². The SMILES string of the molecule is Cc1cc(C)n(Cc2cccc(-c3nc(CC(=O)NCc4ccccc4)no3)c2)n1. The average Bonchev–Trinajstić information content (AvgIpc) is 3.33. The molecule has 2 aromatic carbocycles. The Morgan fingerprint density at radius 3 is 2.60 bits per heavy atom. The number of nitrogens with zero attached hydrogens (tertiary/aromatic N) is 4. The summed E-state index contributed by atoms with van der Waals surface area (Å²) in [6.45, 7) is 5.15. The van der Waals surface area contributed by atoms with Gasteiger partial charge in [-0.3, -0.25) is 9.48 Å². The van der Waals surface area contributed by atoms with Crippen molar-refractivity contribution in [3.8, 4) is 11.5 Å². The van der Waals surface area contributed by atoms with Crippen LogP contribution in [0.2, 0.25) is 0 Å². The van der Waals surface area contributed by atoms with Crippen molar-refractivity contribution in [2.75, 3.05) is 0 Å². The Morgan fingerprint density at radius 2 is 1.83 bits per heavy atom. The van der Waals surface area contributed by atoms with Crippen LogP contribution in [-0.2, 0) is 24.3 Å². The Kier molecular flexibility index (Phi) is 5.70. The molecule has 4 rings (SSSR count). The van der Waals surface area contributed by atoms with E-state index in [2.05, 4.69) is 26.6 Å². The number of benzene rings is 2. The third kappa shape index (κ3) is 4.81. The topological polar surface area (TPSA) is 85.8 Å². The number of carbonyl (C=O) groups excluding carboxylic acids is 1. The van der Waals surface area contributed by atoms with Crippen molar-refractivity contribution in [3.05, 3.63) is 89.0 Å².